The van der Waals surface area contributed by atoms with Gasteiger partial charge in [0.05, 0.1) is 13.2 Å². The molecule has 0 aliphatic rings. The minimum atomic E-state index is -0.149. The highest BCUT2D eigenvalue weighted by atomic mass is 16.5. The maximum absolute atomic E-state index is 5.37. The van der Waals surface area contributed by atoms with Crippen LogP contribution in [0.25, 0.3) is 0 Å². The number of ether oxygens (including phenoxy) is 1. The maximum atomic E-state index is 5.37. The van der Waals surface area contributed by atoms with Crippen molar-refractivity contribution in [1.29, 1.82) is 0 Å². The average molecular weight is 368 g/mol. The third-order valence-corrected chi connectivity index (χ3v) is 4.46. The van der Waals surface area contributed by atoms with Gasteiger partial charge >= 0.3 is 0 Å². The molecule has 0 spiro atoms. The van der Waals surface area contributed by atoms with Crippen LogP contribution in [0.1, 0.15) is 17.2 Å². The maximum Gasteiger partial charge on any atom is 0.214 e. The van der Waals surface area contributed by atoms with Crippen LogP contribution in [0.3, 0.4) is 0 Å². The number of para-hydroxylation sites is 1. The molecule has 138 valence electrons. The Bertz CT molecular complexity index is 971. The molecule has 3 heterocycles. The summed E-state index contributed by atoms with van der Waals surface area (Å²) in [6.07, 6.45) is 7.32. The van der Waals surface area contributed by atoms with Crippen LogP contribution in [-0.2, 0) is 0 Å². The molecule has 0 aliphatic heterocycles. The molecule has 4 aromatic rings. The Morgan fingerprint density at radius 2 is 1.43 bits per heavy atom. The van der Waals surface area contributed by atoms with Crippen LogP contribution in [0.15, 0.2) is 97.6 Å². The molecule has 0 atom stereocenters. The number of rotatable bonds is 6. The Kier molecular flexibility index (Phi) is 5.24. The van der Waals surface area contributed by atoms with Crippen molar-refractivity contribution in [2.45, 2.75) is 6.04 Å². The van der Waals surface area contributed by atoms with Crippen LogP contribution in [0, 0.1) is 0 Å². The van der Waals surface area contributed by atoms with Gasteiger partial charge in [-0.2, -0.15) is 4.98 Å². The van der Waals surface area contributed by atoms with Gasteiger partial charge in [-0.25, -0.2) is 0 Å². The number of methoxy groups -OCH3 is 1. The summed E-state index contributed by atoms with van der Waals surface area (Å²) in [6, 6.07) is 23.8. The zero-order chi connectivity index (χ0) is 19.2. The summed E-state index contributed by atoms with van der Waals surface area (Å²) in [7, 11) is 1.62. The van der Waals surface area contributed by atoms with E-state index in [1.54, 1.807) is 19.5 Å². The molecule has 0 bridgehead atoms. The van der Waals surface area contributed by atoms with E-state index in [0.717, 1.165) is 22.6 Å². The lowest BCUT2D eigenvalue weighted by Crippen LogP contribution is -2.26. The second kappa shape index (κ2) is 8.31. The molecule has 1 aromatic carbocycles. The summed E-state index contributed by atoms with van der Waals surface area (Å²) in [5.41, 5.74) is 3.11. The van der Waals surface area contributed by atoms with E-state index in [9.17, 15) is 0 Å². The molecular formula is C23H20N4O. The first-order valence-electron chi connectivity index (χ1n) is 9.02. The van der Waals surface area contributed by atoms with E-state index < -0.39 is 0 Å². The first kappa shape index (κ1) is 17.7. The zero-order valence-electron chi connectivity index (χ0n) is 15.5. The summed E-state index contributed by atoms with van der Waals surface area (Å²) in [6.45, 7) is 0. The van der Waals surface area contributed by atoms with E-state index in [4.69, 9.17) is 9.72 Å². The van der Waals surface area contributed by atoms with Gasteiger partial charge in [0, 0.05) is 36.5 Å². The van der Waals surface area contributed by atoms with Gasteiger partial charge in [0.15, 0.2) is 0 Å². The van der Waals surface area contributed by atoms with Crippen molar-refractivity contribution in [3.63, 3.8) is 0 Å². The highest BCUT2D eigenvalue weighted by Gasteiger charge is 2.26. The molecule has 3 aromatic heterocycles. The Labute approximate surface area is 164 Å². The number of hydrogen-bond acceptors (Lipinski definition) is 5. The summed E-state index contributed by atoms with van der Waals surface area (Å²) in [5, 5.41) is 0. The third kappa shape index (κ3) is 3.69. The van der Waals surface area contributed by atoms with Crippen LogP contribution in [0.5, 0.6) is 5.88 Å². The van der Waals surface area contributed by atoms with Gasteiger partial charge in [0.2, 0.25) is 5.88 Å². The highest BCUT2D eigenvalue weighted by Crippen LogP contribution is 2.38. The first-order valence-corrected chi connectivity index (χ1v) is 9.02. The Hall–Kier alpha value is -3.73. The van der Waals surface area contributed by atoms with Crippen molar-refractivity contribution in [3.8, 4) is 5.88 Å². The third-order valence-electron chi connectivity index (χ3n) is 4.46. The molecule has 28 heavy (non-hydrogen) atoms. The van der Waals surface area contributed by atoms with E-state index in [1.165, 1.54) is 0 Å². The minimum Gasteiger partial charge on any atom is -0.481 e. The second-order valence-electron chi connectivity index (χ2n) is 6.22. The number of benzene rings is 1. The van der Waals surface area contributed by atoms with Crippen LogP contribution in [-0.4, -0.2) is 22.1 Å². The summed E-state index contributed by atoms with van der Waals surface area (Å²) in [4.78, 5) is 15.6. The van der Waals surface area contributed by atoms with Crippen LogP contribution in [0.4, 0.5) is 11.5 Å². The standard InChI is InChI=1S/C23H20N4O/c1-28-22-13-5-12-21(26-22)27(20-10-3-2-4-11-20)23(18-8-6-14-24-16-18)19-9-7-15-25-17-19/h2-17,23H,1H3. The molecule has 0 amide bonds. The Balaban J connectivity index is 1.94. The molecule has 5 nitrogen and oxygen atoms in total. The van der Waals surface area contributed by atoms with Crippen LogP contribution >= 0.6 is 0 Å². The molecule has 0 saturated heterocycles. The largest absolute Gasteiger partial charge is 0.481 e. The number of nitrogens with zero attached hydrogens (tertiary/aromatic N) is 4. The lowest BCUT2D eigenvalue weighted by atomic mass is 9.99. The average Bonchev–Trinajstić information content (AvgIpc) is 2.79. The second-order valence-corrected chi connectivity index (χ2v) is 6.22. The quantitative estimate of drug-likeness (QED) is 0.489. The van der Waals surface area contributed by atoms with Crippen molar-refractivity contribution < 1.29 is 4.74 Å². The van der Waals surface area contributed by atoms with Gasteiger partial charge in [0.1, 0.15) is 5.82 Å². The topological polar surface area (TPSA) is 51.1 Å². The molecule has 4 rings (SSSR count). The molecule has 0 N–H and O–H groups in total. The van der Waals surface area contributed by atoms with Gasteiger partial charge in [-0.05, 0) is 41.5 Å². The predicted octanol–water partition coefficient (Wildman–Crippen LogP) is 4.81. The molecule has 0 fully saturated rings. The van der Waals surface area contributed by atoms with Gasteiger partial charge in [-0.1, -0.05) is 36.4 Å². The Morgan fingerprint density at radius 3 is 2.00 bits per heavy atom. The first-order chi connectivity index (χ1) is 13.9. The normalized spacial score (nSPS) is 10.6. The van der Waals surface area contributed by atoms with Gasteiger partial charge in [0.25, 0.3) is 0 Å². The summed E-state index contributed by atoms with van der Waals surface area (Å²) in [5.74, 6) is 1.35. The minimum absolute atomic E-state index is 0.149. The van der Waals surface area contributed by atoms with Crippen molar-refractivity contribution >= 4 is 11.5 Å². The lowest BCUT2D eigenvalue weighted by molar-refractivity contribution is 0.398. The summed E-state index contributed by atoms with van der Waals surface area (Å²) >= 11 is 0. The molecule has 0 unspecified atom stereocenters. The Morgan fingerprint density at radius 1 is 0.750 bits per heavy atom. The smallest absolute Gasteiger partial charge is 0.214 e. The fourth-order valence-corrected chi connectivity index (χ4v) is 3.22. The molecular weight excluding hydrogens is 348 g/mol. The van der Waals surface area contributed by atoms with Crippen LogP contribution in [0.2, 0.25) is 0 Å². The fraction of sp³-hybridized carbons (Fsp3) is 0.0870. The van der Waals surface area contributed by atoms with E-state index >= 15 is 0 Å². The number of aromatic nitrogens is 3. The van der Waals surface area contributed by atoms with Gasteiger partial charge in [-0.3, -0.25) is 9.97 Å². The monoisotopic (exact) mass is 368 g/mol. The molecule has 0 aliphatic carbocycles. The molecule has 5 heteroatoms. The summed E-state index contributed by atoms with van der Waals surface area (Å²) < 4.78 is 5.37. The number of anilines is 2. The van der Waals surface area contributed by atoms with E-state index in [1.807, 2.05) is 60.9 Å². The van der Waals surface area contributed by atoms with Crippen molar-refractivity contribution in [2.75, 3.05) is 12.0 Å². The highest BCUT2D eigenvalue weighted by molar-refractivity contribution is 5.64. The molecule has 0 radical (unpaired) electrons. The SMILES string of the molecule is COc1cccc(N(c2ccccc2)C(c2cccnc2)c2cccnc2)n1. The van der Waals surface area contributed by atoms with E-state index in [-0.39, 0.29) is 6.04 Å². The van der Waals surface area contributed by atoms with E-state index in [2.05, 4.69) is 39.1 Å². The van der Waals surface area contributed by atoms with Gasteiger partial charge < -0.3 is 9.64 Å². The fourth-order valence-electron chi connectivity index (χ4n) is 3.22. The zero-order valence-corrected chi connectivity index (χ0v) is 15.5. The van der Waals surface area contributed by atoms with Crippen molar-refractivity contribution in [1.82, 2.24) is 15.0 Å². The number of pyridine rings is 3. The van der Waals surface area contributed by atoms with E-state index in [0.29, 0.717) is 5.88 Å². The molecule has 0 saturated carbocycles. The van der Waals surface area contributed by atoms with Crippen molar-refractivity contribution in [2.24, 2.45) is 0 Å². The predicted molar refractivity (Wildman–Crippen MR) is 110 cm³/mol. The van der Waals surface area contributed by atoms with Crippen LogP contribution < -0.4 is 9.64 Å². The lowest BCUT2D eigenvalue weighted by Gasteiger charge is -2.33. The van der Waals surface area contributed by atoms with Gasteiger partial charge in [-0.15, -0.1) is 0 Å². The number of hydrogen-bond donors (Lipinski definition) is 0. The van der Waals surface area contributed by atoms with Crippen molar-refractivity contribution in [3.05, 3.63) is 109 Å².